The molecular weight excluding hydrogens is 130 g/mol. The highest BCUT2D eigenvalue weighted by Gasteiger charge is 1.62. The van der Waals surface area contributed by atoms with Crippen LogP contribution >= 0.6 is 0 Å². The van der Waals surface area contributed by atoms with Crippen molar-refractivity contribution in [3.63, 3.8) is 0 Å². The molecule has 0 fully saturated rings. The van der Waals surface area contributed by atoms with E-state index < -0.39 is 11.4 Å². The van der Waals surface area contributed by atoms with E-state index in [1.807, 2.05) is 7.05 Å². The Morgan fingerprint density at radius 3 is 1.75 bits per heavy atom. The molecule has 0 heterocycles. The summed E-state index contributed by atoms with van der Waals surface area (Å²) in [7, 11) is 1.93. The molecule has 0 aromatic carbocycles. The van der Waals surface area contributed by atoms with E-state index in [2.05, 4.69) is 12.2 Å². The summed E-state index contributed by atoms with van der Waals surface area (Å²) in [6, 6.07) is 0. The van der Waals surface area contributed by atoms with Crippen LogP contribution < -0.4 is 5.32 Å². The third-order valence-corrected chi connectivity index (χ3v) is 0.354. The van der Waals surface area contributed by atoms with Crippen LogP contribution in [0.25, 0.3) is 0 Å². The third-order valence-electron chi connectivity index (χ3n) is 0.354. The second-order valence-corrected chi connectivity index (χ2v) is 1.40. The normalized spacial score (nSPS) is 8.12. The summed E-state index contributed by atoms with van der Waals surface area (Å²) in [5.74, 6) is 0. The first-order valence-corrected chi connectivity index (χ1v) is 3.16. The van der Waals surface area contributed by atoms with Crippen LogP contribution in [0.15, 0.2) is 0 Å². The summed E-state index contributed by atoms with van der Waals surface area (Å²) in [6.07, 6.45) is 0. The van der Waals surface area contributed by atoms with E-state index in [1.54, 1.807) is 0 Å². The van der Waals surface area contributed by atoms with Gasteiger partial charge in [0, 0.05) is 0 Å². The monoisotopic (exact) mass is 141 g/mol. The molecule has 0 spiro atoms. The first-order chi connectivity index (χ1) is 3.65. The molecule has 5 heteroatoms. The molecule has 0 unspecified atom stereocenters. The molecule has 0 saturated carbocycles. The second kappa shape index (κ2) is 10.1. The van der Waals surface area contributed by atoms with Gasteiger partial charge in [0.05, 0.1) is 0 Å². The molecule has 0 radical (unpaired) electrons. The van der Waals surface area contributed by atoms with Crippen LogP contribution in [0.4, 0.5) is 0 Å². The Morgan fingerprint density at radius 2 is 1.75 bits per heavy atom. The quantitative estimate of drug-likeness (QED) is 0.446. The van der Waals surface area contributed by atoms with Crippen molar-refractivity contribution in [3.8, 4) is 0 Å². The van der Waals surface area contributed by atoms with Crippen molar-refractivity contribution in [2.24, 2.45) is 0 Å². The van der Waals surface area contributed by atoms with Gasteiger partial charge in [-0.2, -0.15) is 4.21 Å². The van der Waals surface area contributed by atoms with Crippen molar-refractivity contribution in [3.05, 3.63) is 0 Å². The molecule has 0 aliphatic carbocycles. The Labute approximate surface area is 51.4 Å². The van der Waals surface area contributed by atoms with Crippen LogP contribution in [0.5, 0.6) is 0 Å². The standard InChI is InChI=1S/C3H9N.H2O3S/c1-3-4-2;1-4(2)3/h4H,3H2,1-2H3;(H2,1,2,3). The van der Waals surface area contributed by atoms with Gasteiger partial charge in [-0.25, -0.2) is 0 Å². The molecule has 0 bridgehead atoms. The highest BCUT2D eigenvalue weighted by Crippen LogP contribution is 1.44. The van der Waals surface area contributed by atoms with E-state index in [1.165, 1.54) is 0 Å². The van der Waals surface area contributed by atoms with E-state index >= 15 is 0 Å². The van der Waals surface area contributed by atoms with Crippen LogP contribution in [0.3, 0.4) is 0 Å². The van der Waals surface area contributed by atoms with E-state index in [9.17, 15) is 0 Å². The van der Waals surface area contributed by atoms with Crippen LogP contribution in [-0.2, 0) is 11.4 Å². The smallest absolute Gasteiger partial charge is 0.299 e. The number of hydrogen-bond acceptors (Lipinski definition) is 2. The van der Waals surface area contributed by atoms with Gasteiger partial charge >= 0.3 is 0 Å². The first kappa shape index (κ1) is 10.9. The predicted molar refractivity (Wildman–Crippen MR) is 33.0 cm³/mol. The summed E-state index contributed by atoms with van der Waals surface area (Å²) in [5.41, 5.74) is 0. The highest BCUT2D eigenvalue weighted by atomic mass is 32.2. The molecule has 0 aliphatic heterocycles. The minimum absolute atomic E-state index is 1.07. The lowest BCUT2D eigenvalue weighted by Crippen LogP contribution is -2.01. The van der Waals surface area contributed by atoms with E-state index in [4.69, 9.17) is 13.3 Å². The second-order valence-electron chi connectivity index (χ2n) is 0.938. The van der Waals surface area contributed by atoms with Crippen molar-refractivity contribution < 1.29 is 13.3 Å². The third kappa shape index (κ3) is 144. The van der Waals surface area contributed by atoms with Gasteiger partial charge in [-0.15, -0.1) is 0 Å². The van der Waals surface area contributed by atoms with Gasteiger partial charge in [0.25, 0.3) is 11.4 Å². The highest BCUT2D eigenvalue weighted by molar-refractivity contribution is 7.73. The molecular formula is C3H11NO3S. The van der Waals surface area contributed by atoms with Crippen LogP contribution in [0, 0.1) is 0 Å². The summed E-state index contributed by atoms with van der Waals surface area (Å²) in [6.45, 7) is 3.14. The van der Waals surface area contributed by atoms with Gasteiger partial charge < -0.3 is 5.32 Å². The van der Waals surface area contributed by atoms with Gasteiger partial charge in [0.2, 0.25) is 0 Å². The van der Waals surface area contributed by atoms with Crippen molar-refractivity contribution >= 4 is 11.4 Å². The molecule has 4 nitrogen and oxygen atoms in total. The zero-order valence-corrected chi connectivity index (χ0v) is 5.73. The summed E-state index contributed by atoms with van der Waals surface area (Å²) < 4.78 is 22.8. The molecule has 52 valence electrons. The van der Waals surface area contributed by atoms with E-state index in [0.717, 1.165) is 6.54 Å². The Hall–Kier alpha value is 0.0300. The van der Waals surface area contributed by atoms with Crippen molar-refractivity contribution in [1.29, 1.82) is 0 Å². The molecule has 0 aromatic rings. The summed E-state index contributed by atoms with van der Waals surface area (Å²) in [4.78, 5) is 0. The van der Waals surface area contributed by atoms with Gasteiger partial charge in [-0.3, -0.25) is 9.11 Å². The fourth-order valence-corrected chi connectivity index (χ4v) is 0. The van der Waals surface area contributed by atoms with Gasteiger partial charge in [-0.05, 0) is 13.6 Å². The zero-order chi connectivity index (χ0) is 6.99. The fourth-order valence-electron chi connectivity index (χ4n) is 0. The maximum absolute atomic E-state index is 8.67. The largest absolute Gasteiger partial charge is 0.320 e. The van der Waals surface area contributed by atoms with Crippen molar-refractivity contribution in [2.45, 2.75) is 6.92 Å². The predicted octanol–water partition coefficient (Wildman–Crippen LogP) is -0.0932. The first-order valence-electron chi connectivity index (χ1n) is 2.09. The Morgan fingerprint density at radius 1 is 1.62 bits per heavy atom. The SMILES string of the molecule is CCNC.O=S(O)O. The number of hydrogen-bond donors (Lipinski definition) is 3. The Balaban J connectivity index is 0. The Kier molecular flexibility index (Phi) is 13.8. The molecule has 0 atom stereocenters. The minimum Gasteiger partial charge on any atom is -0.320 e. The van der Waals surface area contributed by atoms with E-state index in [-0.39, 0.29) is 0 Å². The molecule has 0 amide bonds. The zero-order valence-electron chi connectivity index (χ0n) is 4.92. The summed E-state index contributed by atoms with van der Waals surface area (Å²) in [5, 5.41) is 2.93. The minimum atomic E-state index is -2.61. The molecule has 3 N–H and O–H groups in total. The van der Waals surface area contributed by atoms with Gasteiger partial charge in [-0.1, -0.05) is 6.92 Å². The molecule has 8 heavy (non-hydrogen) atoms. The fraction of sp³-hybridized carbons (Fsp3) is 1.00. The van der Waals surface area contributed by atoms with Crippen LogP contribution in [0.1, 0.15) is 6.92 Å². The number of nitrogens with one attached hydrogen (secondary N) is 1. The molecule has 0 aromatic heterocycles. The lowest BCUT2D eigenvalue weighted by molar-refractivity contribution is 0.454. The lowest BCUT2D eigenvalue weighted by Gasteiger charge is -1.76. The van der Waals surface area contributed by atoms with Gasteiger partial charge in [0.1, 0.15) is 0 Å². The summed E-state index contributed by atoms with van der Waals surface area (Å²) >= 11 is -2.61. The van der Waals surface area contributed by atoms with Crippen molar-refractivity contribution in [2.75, 3.05) is 13.6 Å². The maximum Gasteiger partial charge on any atom is 0.299 e. The molecule has 0 rings (SSSR count). The number of rotatable bonds is 1. The van der Waals surface area contributed by atoms with Crippen LogP contribution in [0.2, 0.25) is 0 Å². The average Bonchev–Trinajstić information content (AvgIpc) is 1.65. The van der Waals surface area contributed by atoms with Gasteiger partial charge in [0.15, 0.2) is 0 Å². The molecule has 0 aliphatic rings. The molecule has 0 saturated heterocycles. The van der Waals surface area contributed by atoms with Crippen LogP contribution in [-0.4, -0.2) is 26.9 Å². The van der Waals surface area contributed by atoms with E-state index in [0.29, 0.717) is 0 Å². The Bertz CT molecular complexity index is 52.5. The van der Waals surface area contributed by atoms with Crippen molar-refractivity contribution in [1.82, 2.24) is 5.32 Å². The maximum atomic E-state index is 8.67. The topological polar surface area (TPSA) is 69.6 Å². The average molecular weight is 141 g/mol. The lowest BCUT2D eigenvalue weighted by atomic mass is 10.8.